The molecule has 126 valence electrons. The lowest BCUT2D eigenvalue weighted by molar-refractivity contribution is -0.159. The SMILES string of the molecule is C[C@]12CCC3C4CCC(=O)C=C4C=CC3C1C=C[C@@]21CCC(=O)O1. The minimum atomic E-state index is -0.369. The third-order valence-electron chi connectivity index (χ3n) is 7.66. The van der Waals surface area contributed by atoms with E-state index in [-0.39, 0.29) is 22.8 Å². The lowest BCUT2D eigenvalue weighted by atomic mass is 9.51. The molecule has 5 rings (SSSR count). The van der Waals surface area contributed by atoms with Gasteiger partial charge >= 0.3 is 5.97 Å². The molecule has 3 nitrogen and oxygen atoms in total. The van der Waals surface area contributed by atoms with Crippen LogP contribution in [0.25, 0.3) is 0 Å². The van der Waals surface area contributed by atoms with E-state index in [0.717, 1.165) is 19.3 Å². The Balaban J connectivity index is 1.51. The van der Waals surface area contributed by atoms with Gasteiger partial charge in [-0.05, 0) is 60.7 Å². The Kier molecular flexibility index (Phi) is 2.88. The Morgan fingerprint density at radius 1 is 1.12 bits per heavy atom. The highest BCUT2D eigenvalue weighted by Gasteiger charge is 2.63. The maximum absolute atomic E-state index is 11.8. The summed E-state index contributed by atoms with van der Waals surface area (Å²) in [7, 11) is 0. The maximum Gasteiger partial charge on any atom is 0.306 e. The molecular formula is C21H24O3. The van der Waals surface area contributed by atoms with E-state index >= 15 is 0 Å². The van der Waals surface area contributed by atoms with Crippen LogP contribution in [0, 0.1) is 29.1 Å². The average molecular weight is 324 g/mol. The summed E-state index contributed by atoms with van der Waals surface area (Å²) in [5.74, 6) is 2.36. The zero-order valence-corrected chi connectivity index (χ0v) is 14.2. The van der Waals surface area contributed by atoms with Crippen LogP contribution in [-0.4, -0.2) is 17.4 Å². The molecule has 0 N–H and O–H groups in total. The highest BCUT2D eigenvalue weighted by atomic mass is 16.6. The molecule has 0 aromatic rings. The van der Waals surface area contributed by atoms with E-state index in [9.17, 15) is 9.59 Å². The van der Waals surface area contributed by atoms with Gasteiger partial charge in [0.1, 0.15) is 5.60 Å². The molecule has 0 bridgehead atoms. The number of carbonyl (C=O) groups is 2. The molecule has 5 aliphatic rings. The van der Waals surface area contributed by atoms with Crippen molar-refractivity contribution in [3.63, 3.8) is 0 Å². The lowest BCUT2D eigenvalue weighted by Crippen LogP contribution is -2.52. The zero-order valence-electron chi connectivity index (χ0n) is 14.2. The van der Waals surface area contributed by atoms with Crippen LogP contribution in [-0.2, 0) is 14.3 Å². The summed E-state index contributed by atoms with van der Waals surface area (Å²) >= 11 is 0. The number of carbonyl (C=O) groups excluding carboxylic acids is 2. The monoisotopic (exact) mass is 324 g/mol. The van der Waals surface area contributed by atoms with Gasteiger partial charge in [-0.2, -0.15) is 0 Å². The molecule has 4 aliphatic carbocycles. The normalized spacial score (nSPS) is 48.8. The van der Waals surface area contributed by atoms with Crippen molar-refractivity contribution in [1.29, 1.82) is 0 Å². The van der Waals surface area contributed by atoms with Gasteiger partial charge in [-0.15, -0.1) is 0 Å². The van der Waals surface area contributed by atoms with Gasteiger partial charge < -0.3 is 4.74 Å². The third-order valence-corrected chi connectivity index (χ3v) is 7.66. The molecule has 0 aromatic heterocycles. The molecule has 4 unspecified atom stereocenters. The summed E-state index contributed by atoms with van der Waals surface area (Å²) < 4.78 is 5.88. The van der Waals surface area contributed by atoms with Gasteiger partial charge in [0, 0.05) is 24.7 Å². The van der Waals surface area contributed by atoms with Gasteiger partial charge in [0.15, 0.2) is 5.78 Å². The molecule has 1 heterocycles. The quantitative estimate of drug-likeness (QED) is 0.503. The highest BCUT2D eigenvalue weighted by molar-refractivity contribution is 5.92. The second kappa shape index (κ2) is 4.71. The van der Waals surface area contributed by atoms with Gasteiger partial charge in [0.2, 0.25) is 0 Å². The Morgan fingerprint density at radius 3 is 2.79 bits per heavy atom. The van der Waals surface area contributed by atoms with Crippen molar-refractivity contribution in [2.75, 3.05) is 0 Å². The second-order valence-electron chi connectivity index (χ2n) is 8.56. The first-order valence-corrected chi connectivity index (χ1v) is 9.36. The van der Waals surface area contributed by atoms with Gasteiger partial charge in [0.05, 0.1) is 0 Å². The van der Waals surface area contributed by atoms with E-state index in [1.807, 2.05) is 6.08 Å². The van der Waals surface area contributed by atoms with Gasteiger partial charge in [-0.25, -0.2) is 0 Å². The van der Waals surface area contributed by atoms with Crippen molar-refractivity contribution in [2.45, 2.75) is 51.0 Å². The summed E-state index contributed by atoms with van der Waals surface area (Å²) in [5.41, 5.74) is 0.905. The number of fused-ring (bicyclic) bond motifs is 6. The van der Waals surface area contributed by atoms with Crippen LogP contribution in [0.3, 0.4) is 0 Å². The minimum Gasteiger partial charge on any atom is -0.454 e. The summed E-state index contributed by atoms with van der Waals surface area (Å²) in [4.78, 5) is 23.6. The smallest absolute Gasteiger partial charge is 0.306 e. The Morgan fingerprint density at radius 2 is 2.00 bits per heavy atom. The molecule has 6 atom stereocenters. The van der Waals surface area contributed by atoms with E-state index < -0.39 is 0 Å². The molecule has 1 spiro atoms. The molecule has 2 fully saturated rings. The van der Waals surface area contributed by atoms with Crippen LogP contribution in [0.2, 0.25) is 0 Å². The number of rotatable bonds is 0. The Bertz CT molecular complexity index is 715. The fourth-order valence-corrected chi connectivity index (χ4v) is 6.33. The highest BCUT2D eigenvalue weighted by Crippen LogP contribution is 2.64. The lowest BCUT2D eigenvalue weighted by Gasteiger charge is -2.54. The summed E-state index contributed by atoms with van der Waals surface area (Å²) in [5, 5.41) is 0. The van der Waals surface area contributed by atoms with Crippen molar-refractivity contribution in [2.24, 2.45) is 29.1 Å². The molecule has 1 aliphatic heterocycles. The van der Waals surface area contributed by atoms with E-state index in [0.29, 0.717) is 36.5 Å². The minimum absolute atomic E-state index is 0.0242. The van der Waals surface area contributed by atoms with Gasteiger partial charge in [0.25, 0.3) is 0 Å². The second-order valence-corrected chi connectivity index (χ2v) is 8.56. The molecule has 3 heteroatoms. The van der Waals surface area contributed by atoms with E-state index in [4.69, 9.17) is 4.74 Å². The van der Waals surface area contributed by atoms with Crippen LogP contribution >= 0.6 is 0 Å². The van der Waals surface area contributed by atoms with Crippen LogP contribution < -0.4 is 0 Å². The molecule has 0 amide bonds. The molecule has 1 saturated carbocycles. The Labute approximate surface area is 142 Å². The Hall–Kier alpha value is -1.64. The maximum atomic E-state index is 11.8. The summed E-state index contributed by atoms with van der Waals surface area (Å²) in [6, 6.07) is 0. The standard InChI is InChI=1S/C21H24O3/c1-20-9-6-16-15-5-3-14(22)12-13(15)2-4-17(16)18(20)7-10-21(20)11-8-19(23)24-21/h2,4,7,10,12,15-18H,3,5-6,8-9,11H2,1H3/t15?,16?,17?,18?,20-,21+/m0/s1. The van der Waals surface area contributed by atoms with Crippen LogP contribution in [0.15, 0.2) is 36.0 Å². The first-order chi connectivity index (χ1) is 11.5. The van der Waals surface area contributed by atoms with Crippen molar-refractivity contribution >= 4 is 11.8 Å². The van der Waals surface area contributed by atoms with Crippen molar-refractivity contribution < 1.29 is 14.3 Å². The van der Waals surface area contributed by atoms with Gasteiger partial charge in [-0.3, -0.25) is 9.59 Å². The number of ketones is 1. The van der Waals surface area contributed by atoms with Crippen LogP contribution in [0.5, 0.6) is 0 Å². The first kappa shape index (κ1) is 14.7. The predicted octanol–water partition coefficient (Wildman–Crippen LogP) is 3.76. The molecule has 24 heavy (non-hydrogen) atoms. The first-order valence-electron chi connectivity index (χ1n) is 9.36. The summed E-state index contributed by atoms with van der Waals surface area (Å²) in [6.07, 6.45) is 16.3. The molecule has 0 aromatic carbocycles. The van der Waals surface area contributed by atoms with Crippen molar-refractivity contribution in [1.82, 2.24) is 0 Å². The largest absolute Gasteiger partial charge is 0.454 e. The fraction of sp³-hybridized carbons (Fsp3) is 0.619. The molecule has 0 radical (unpaired) electrons. The van der Waals surface area contributed by atoms with E-state index in [2.05, 4.69) is 31.2 Å². The van der Waals surface area contributed by atoms with Crippen LogP contribution in [0.1, 0.15) is 45.4 Å². The summed E-state index contributed by atoms with van der Waals surface area (Å²) in [6.45, 7) is 2.33. The fourth-order valence-electron chi connectivity index (χ4n) is 6.33. The topological polar surface area (TPSA) is 43.4 Å². The number of allylic oxidation sites excluding steroid dienone is 5. The van der Waals surface area contributed by atoms with Crippen molar-refractivity contribution in [3.05, 3.63) is 36.0 Å². The van der Waals surface area contributed by atoms with E-state index in [1.54, 1.807) is 0 Å². The number of ether oxygens (including phenoxy) is 1. The van der Waals surface area contributed by atoms with Gasteiger partial charge in [-0.1, -0.05) is 25.2 Å². The molecule has 1 saturated heterocycles. The predicted molar refractivity (Wildman–Crippen MR) is 90.0 cm³/mol. The molecular weight excluding hydrogens is 300 g/mol. The number of hydrogen-bond acceptors (Lipinski definition) is 3. The zero-order chi connectivity index (χ0) is 16.5. The average Bonchev–Trinajstić information content (AvgIpc) is 3.08. The number of hydrogen-bond donors (Lipinski definition) is 0. The van der Waals surface area contributed by atoms with Crippen LogP contribution in [0.4, 0.5) is 0 Å². The van der Waals surface area contributed by atoms with E-state index in [1.165, 1.54) is 12.0 Å². The van der Waals surface area contributed by atoms with Crippen molar-refractivity contribution in [3.8, 4) is 0 Å². The number of esters is 1. The third kappa shape index (κ3) is 1.73.